The van der Waals surface area contributed by atoms with E-state index in [1.165, 1.54) is 49.6 Å². The summed E-state index contributed by atoms with van der Waals surface area (Å²) >= 11 is 0. The van der Waals surface area contributed by atoms with Crippen LogP contribution in [0.15, 0.2) is 53.6 Å². The minimum atomic E-state index is -5.83. The van der Waals surface area contributed by atoms with Crippen LogP contribution in [0.25, 0.3) is 16.7 Å². The Balaban J connectivity index is 0.695. The van der Waals surface area contributed by atoms with Crippen molar-refractivity contribution in [3.8, 4) is 0 Å². The average molecular weight is 1250 g/mol. The first kappa shape index (κ1) is 63.5. The number of phosphoric acid groups is 3. The second kappa shape index (κ2) is 24.8. The number of nitrogen functional groups attached to an aromatic ring is 1. The summed E-state index contributed by atoms with van der Waals surface area (Å²) in [6.45, 7) is 16.4. The molecule has 28 heteroatoms. The number of nitrogens with two attached hydrogens (primary N) is 1. The summed E-state index contributed by atoms with van der Waals surface area (Å²) in [5, 5.41) is 26.7. The summed E-state index contributed by atoms with van der Waals surface area (Å²) in [7, 11) is -15.0. The Hall–Kier alpha value is -5.49. The number of aliphatic hydroxyl groups is 2. The zero-order chi connectivity index (χ0) is 61.8. The summed E-state index contributed by atoms with van der Waals surface area (Å²) in [6, 6.07) is 15.4. The maximum absolute atomic E-state index is 14.8. The molecule has 1 aliphatic carbocycles. The van der Waals surface area contributed by atoms with Crippen molar-refractivity contribution in [2.24, 2.45) is 0 Å². The normalized spacial score (nSPS) is 23.1. The number of H-pyrrole nitrogens is 1. The molecule has 86 heavy (non-hydrogen) atoms. The molecule has 9 N–H and O–H groups in total. The van der Waals surface area contributed by atoms with E-state index < -0.39 is 66.8 Å². The van der Waals surface area contributed by atoms with Crippen molar-refractivity contribution in [3.05, 3.63) is 114 Å². The second-order valence-electron chi connectivity index (χ2n) is 24.3. The predicted octanol–water partition coefficient (Wildman–Crippen LogP) is 5.30. The molecule has 466 valence electrons. The maximum Gasteiger partial charge on any atom is 0.490 e. The van der Waals surface area contributed by atoms with Crippen LogP contribution in [0.5, 0.6) is 0 Å². The lowest BCUT2D eigenvalue weighted by Crippen LogP contribution is -2.50. The number of hydrogen-bond donors (Lipinski definition) is 8. The van der Waals surface area contributed by atoms with Gasteiger partial charge in [-0.2, -0.15) is 13.6 Å². The Morgan fingerprint density at radius 3 is 2.38 bits per heavy atom. The van der Waals surface area contributed by atoms with E-state index in [4.69, 9.17) is 15.0 Å². The highest BCUT2D eigenvalue weighted by atomic mass is 31.3. The lowest BCUT2D eigenvalue weighted by molar-refractivity contribution is -0.121. The maximum atomic E-state index is 14.8. The third kappa shape index (κ3) is 12.9. The number of aromatic nitrogens is 4. The molecule has 2 aromatic heterocycles. The topological polar surface area (TPSA) is 344 Å². The molecule has 0 saturated carbocycles. The summed E-state index contributed by atoms with van der Waals surface area (Å²) < 4.78 is 64.7. The Morgan fingerprint density at radius 1 is 0.930 bits per heavy atom. The fraction of sp³-hybridized carbons (Fsp3) is 0.552. The minimum Gasteiger partial charge on any atom is -0.387 e. The third-order valence-corrected chi connectivity index (χ3v) is 21.7. The smallest absolute Gasteiger partial charge is 0.387 e. The van der Waals surface area contributed by atoms with Crippen LogP contribution in [0.1, 0.15) is 161 Å². The quantitative estimate of drug-likeness (QED) is 0.0234. The second-order valence-corrected chi connectivity index (χ2v) is 28.9. The van der Waals surface area contributed by atoms with Gasteiger partial charge in [-0.1, -0.05) is 51.8 Å². The van der Waals surface area contributed by atoms with Gasteiger partial charge in [0.25, 0.3) is 11.5 Å². The zero-order valence-corrected chi connectivity index (χ0v) is 52.2. The molecular weight excluding hydrogens is 1170 g/mol. The first-order chi connectivity index (χ1) is 40.6. The highest BCUT2D eigenvalue weighted by Gasteiger charge is 2.48. The zero-order valence-electron chi connectivity index (χ0n) is 49.6. The van der Waals surface area contributed by atoms with E-state index in [2.05, 4.69) is 109 Å². The van der Waals surface area contributed by atoms with Crippen molar-refractivity contribution >= 4 is 63.7 Å². The average Bonchev–Trinajstić information content (AvgIpc) is 0.888. The number of phosphoric ester groups is 2. The molecule has 4 aliphatic heterocycles. The number of rotatable bonds is 23. The number of nitrogens with one attached hydrogen (secondary N) is 2. The number of imidazole rings is 1. The van der Waals surface area contributed by atoms with Gasteiger partial charge in [0.05, 0.1) is 19.5 Å². The number of carbonyl (C=O) groups is 2. The fourth-order valence-electron chi connectivity index (χ4n) is 13.7. The molecule has 10 rings (SSSR count). The Labute approximate surface area is 498 Å². The Morgan fingerprint density at radius 2 is 1.64 bits per heavy atom. The summed E-state index contributed by atoms with van der Waals surface area (Å²) in [5.41, 5.74) is 16.3. The van der Waals surface area contributed by atoms with Crippen LogP contribution >= 0.6 is 23.5 Å². The van der Waals surface area contributed by atoms with Gasteiger partial charge in [-0.05, 0) is 128 Å². The number of unbranched alkanes of at least 4 members (excludes halogenated alkanes) is 3. The number of aryl methyl sites for hydroxylation is 1. The van der Waals surface area contributed by atoms with Gasteiger partial charge in [-0.15, -0.1) is 0 Å². The monoisotopic (exact) mass is 1250 g/mol. The molecule has 5 aromatic rings. The standard InChI is InChI=1S/C58H78N9O16P3/c1-8-67-43-30-42-40(29-39(43)34(2)31-57(67,3)4)46(41-28-35-18-15-25-65-26-16-21-38(49(35)65)47(41)58(42,5)6)36-19-11-12-20-37(36)54(72)64(7)24-17-22-45(68)60-23-13-9-10-14-27-79-84(73,74)82-86(77,78)83-85(75,76)80-32-44-50(69)51(70)55(81-44)66-33-61-48-52(66)62-56(59)63-53(48)71/h11-12,19-20,28-30,33-34,44,50-51,55,69-70H,8-10,13-18,21-27,31-32H2,1-7H3,(H6-,59,60,62,63,68,71,73,74,75,76,77,78)/p+1/t34?,44-,50-,51-,55-/m1/s1. The first-order valence-corrected chi connectivity index (χ1v) is 33.9. The van der Waals surface area contributed by atoms with Crippen molar-refractivity contribution in [3.63, 3.8) is 0 Å². The lowest BCUT2D eigenvalue weighted by atomic mass is 9.64. The van der Waals surface area contributed by atoms with E-state index in [1.807, 2.05) is 18.2 Å². The Kier molecular flexibility index (Phi) is 18.3. The number of ether oxygens (including phenoxy) is 1. The van der Waals surface area contributed by atoms with Crippen molar-refractivity contribution in [1.82, 2.24) is 34.3 Å². The molecule has 0 spiro atoms. The Bertz CT molecular complexity index is 3810. The minimum absolute atomic E-state index is 0.00496. The molecule has 6 heterocycles. The van der Waals surface area contributed by atoms with Gasteiger partial charge < -0.3 is 50.5 Å². The first-order valence-electron chi connectivity index (χ1n) is 29.5. The molecule has 2 amide bonds. The fourth-order valence-corrected chi connectivity index (χ4v) is 17.2. The molecule has 25 nitrogen and oxygen atoms in total. The van der Waals surface area contributed by atoms with Gasteiger partial charge in [0.15, 0.2) is 17.4 Å². The van der Waals surface area contributed by atoms with Crippen molar-refractivity contribution < 1.29 is 70.6 Å². The van der Waals surface area contributed by atoms with E-state index in [1.54, 1.807) is 11.9 Å². The SMILES string of the molecule is CCN1c2cc3c(cc2C(C)CC1(C)C)C(c1ccccc1C(=O)N(C)CCCC(=O)NCCCCCCOP(=O)(O)OP(=O)(O)OP(=O)(O)OC[C@H]1O[C@@H](n2cnc4c(=O)[nH]c(N)nc42)[C@H](O)[C@@H]1O)=c1cc2c4c(c1C3(C)C)CCC[N+]=4CCC2. The van der Waals surface area contributed by atoms with Crippen molar-refractivity contribution in [2.75, 3.05) is 63.6 Å². The van der Waals surface area contributed by atoms with Crippen LogP contribution in [0, 0.1) is 0 Å². The van der Waals surface area contributed by atoms with Gasteiger partial charge in [0, 0.05) is 79.3 Å². The molecule has 4 unspecified atom stereocenters. The molecule has 1 fully saturated rings. The summed E-state index contributed by atoms with van der Waals surface area (Å²) in [5.74, 6) is -0.246. The number of nitrogens with zero attached hydrogens (tertiary/aromatic N) is 6. The van der Waals surface area contributed by atoms with Crippen molar-refractivity contribution in [1.29, 1.82) is 0 Å². The molecule has 8 atom stereocenters. The van der Waals surface area contributed by atoms with Crippen LogP contribution in [0.4, 0.5) is 11.6 Å². The van der Waals surface area contributed by atoms with Gasteiger partial charge in [0.2, 0.25) is 17.2 Å². The van der Waals surface area contributed by atoms with Crippen LogP contribution in [-0.2, 0) is 59.2 Å². The predicted molar refractivity (Wildman–Crippen MR) is 320 cm³/mol. The van der Waals surface area contributed by atoms with Gasteiger partial charge in [-0.3, -0.25) is 33.0 Å². The van der Waals surface area contributed by atoms with E-state index >= 15 is 0 Å². The van der Waals surface area contributed by atoms with Crippen LogP contribution in [0.3, 0.4) is 0 Å². The summed E-state index contributed by atoms with van der Waals surface area (Å²) in [4.78, 5) is 84.6. The lowest BCUT2D eigenvalue weighted by Gasteiger charge is -2.48. The largest absolute Gasteiger partial charge is 0.490 e. The highest BCUT2D eigenvalue weighted by molar-refractivity contribution is 7.66. The molecule has 0 radical (unpaired) electrons. The molecule has 1 saturated heterocycles. The van der Waals surface area contributed by atoms with Crippen molar-refractivity contribution in [2.45, 2.75) is 154 Å². The number of benzene rings is 3. The van der Waals surface area contributed by atoms with Gasteiger partial charge in [0.1, 0.15) is 31.4 Å². The number of hydrogen-bond acceptors (Lipinski definition) is 17. The van der Waals surface area contributed by atoms with Gasteiger partial charge >= 0.3 is 23.5 Å². The number of fused-ring (bicyclic) bond motifs is 5. The third-order valence-electron chi connectivity index (χ3n) is 17.4. The number of anilines is 2. The van der Waals surface area contributed by atoms with Gasteiger partial charge in [-0.25, -0.2) is 23.3 Å². The molecule has 5 aliphatic rings. The molecule has 3 aromatic carbocycles. The molecular formula is C58H79N9O16P3+. The number of aliphatic hydroxyl groups excluding tert-OH is 2. The van der Waals surface area contributed by atoms with E-state index in [0.29, 0.717) is 50.3 Å². The van der Waals surface area contributed by atoms with E-state index in [-0.39, 0.29) is 52.7 Å². The van der Waals surface area contributed by atoms with E-state index in [9.17, 15) is 53.0 Å². The number of aromatic amines is 1. The highest BCUT2D eigenvalue weighted by Crippen LogP contribution is 2.68. The number of amides is 2. The van der Waals surface area contributed by atoms with Crippen LogP contribution in [0.2, 0.25) is 0 Å². The van der Waals surface area contributed by atoms with Crippen LogP contribution in [-0.4, -0.2) is 138 Å². The molecule has 0 bridgehead atoms. The van der Waals surface area contributed by atoms with Crippen LogP contribution < -0.4 is 36.7 Å². The summed E-state index contributed by atoms with van der Waals surface area (Å²) in [6.07, 6.45) is 2.21. The number of carbonyl (C=O) groups excluding carboxylic acids is 2. The van der Waals surface area contributed by atoms with E-state index in [0.717, 1.165) is 73.8 Å².